The van der Waals surface area contributed by atoms with Crippen LogP contribution in [0.3, 0.4) is 0 Å². The molecule has 19 heteroatoms. The lowest BCUT2D eigenvalue weighted by molar-refractivity contribution is -0.354. The monoisotopic (exact) mass is 1110 g/mol. The first kappa shape index (κ1) is 55.2. The molecule has 15 fully saturated rings. The summed E-state index contributed by atoms with van der Waals surface area (Å²) in [6.45, 7) is 17.4. The van der Waals surface area contributed by atoms with Gasteiger partial charge in [-0.3, -0.25) is 4.79 Å². The van der Waals surface area contributed by atoms with Crippen LogP contribution < -0.4 is 0 Å². The fraction of sp³-hybridized carbons (Fsp3) is 0.917. The molecule has 31 atom stereocenters. The third-order valence-corrected chi connectivity index (χ3v) is 21.6. The zero-order valence-electron chi connectivity index (χ0n) is 46.9. The Hall–Kier alpha value is -1.73. The van der Waals surface area contributed by atoms with Crippen LogP contribution >= 0.6 is 0 Å². The minimum absolute atomic E-state index is 0.0164. The molecule has 15 aliphatic rings. The van der Waals surface area contributed by atoms with Gasteiger partial charge in [0.05, 0.1) is 129 Å². The lowest BCUT2D eigenvalue weighted by Gasteiger charge is -2.50. The summed E-state index contributed by atoms with van der Waals surface area (Å²) in [7, 11) is 1.70. The van der Waals surface area contributed by atoms with Crippen LogP contribution in [0, 0.1) is 23.7 Å². The first-order chi connectivity index (χ1) is 37.9. The number of methoxy groups -OCH3 is 1. The van der Waals surface area contributed by atoms with Crippen molar-refractivity contribution >= 4 is 5.97 Å². The Balaban J connectivity index is 0.684. The van der Waals surface area contributed by atoms with Gasteiger partial charge in [-0.05, 0) is 73.8 Å². The fourth-order valence-electron chi connectivity index (χ4n) is 17.7. The lowest BCUT2D eigenvalue weighted by atomic mass is 9.79. The van der Waals surface area contributed by atoms with Crippen LogP contribution in [0.1, 0.15) is 143 Å². The highest BCUT2D eigenvalue weighted by Crippen LogP contribution is 2.57. The van der Waals surface area contributed by atoms with Crippen LogP contribution in [0.2, 0.25) is 0 Å². The number of hydrogen-bond acceptors (Lipinski definition) is 19. The van der Waals surface area contributed by atoms with E-state index < -0.39 is 72.8 Å². The number of carbonyl (C=O) groups is 1. The first-order valence-corrected chi connectivity index (χ1v) is 30.7. The number of esters is 1. The quantitative estimate of drug-likeness (QED) is 0.239. The summed E-state index contributed by atoms with van der Waals surface area (Å²) in [5, 5.41) is 30.3. The van der Waals surface area contributed by atoms with Crippen molar-refractivity contribution in [2.75, 3.05) is 13.7 Å². The second kappa shape index (κ2) is 21.1. The molecular formula is C60H88O19. The highest BCUT2D eigenvalue weighted by atomic mass is 16.8. The molecule has 0 amide bonds. The third kappa shape index (κ3) is 9.98. The molecule has 0 saturated carbocycles. The van der Waals surface area contributed by atoms with Gasteiger partial charge in [-0.15, -0.1) is 0 Å². The van der Waals surface area contributed by atoms with Crippen LogP contribution in [0.25, 0.3) is 0 Å². The van der Waals surface area contributed by atoms with E-state index in [1.807, 2.05) is 0 Å². The molecule has 15 aliphatic heterocycles. The van der Waals surface area contributed by atoms with Gasteiger partial charge in [-0.25, -0.2) is 0 Å². The second-order valence-electron chi connectivity index (χ2n) is 27.2. The van der Waals surface area contributed by atoms with E-state index in [2.05, 4.69) is 40.9 Å². The number of fused-ring (bicyclic) bond motifs is 10. The molecule has 442 valence electrons. The standard InChI is InChI=1S/C60H88O19/c1-27-14-34-8-10-38-28(2)15-36(66-38)12-13-58-24-48(76-58)55-56(65-7)57(79-58)54-39(70-55)11-9-35(68-54)17-49(64)73-53-32(6)52-44(69-43(53)18-40(67-34)31(27)5)20-42-46(72-52)23-60(74-42)25-47-51(78-60)30(4)22-59(77-47)21-29(3)50-45(75-59)19-41(71-50)37(63)16-33(62)26-61/h27,29-30,32-48,50-57,61-63H,2,5,8-26H2,1,3-4,6-7H3/t27-,29+,30+,32+,33-,34+,35-,36+,37+,38+,39+,40-,41+,42-,43+,44+,45+,46-,47+,48-,50+,51+,52+,53-,54+,55+,56-,57+,58+,59-,60+/m1/s1. The molecule has 0 aromatic rings. The highest BCUT2D eigenvalue weighted by molar-refractivity contribution is 5.70. The first-order valence-electron chi connectivity index (χ1n) is 30.7. The van der Waals surface area contributed by atoms with Gasteiger partial charge in [0.2, 0.25) is 0 Å². The molecule has 10 bridgehead atoms. The topological polar surface area (TPSA) is 216 Å². The van der Waals surface area contributed by atoms with Crippen molar-refractivity contribution in [1.82, 2.24) is 0 Å². The average molecular weight is 1110 g/mol. The van der Waals surface area contributed by atoms with Crippen LogP contribution in [0.5, 0.6) is 0 Å². The minimum atomic E-state index is -1.02. The average Bonchev–Trinajstić information content (AvgIpc) is 3.97. The van der Waals surface area contributed by atoms with Crippen molar-refractivity contribution in [3.05, 3.63) is 24.3 Å². The fourth-order valence-corrected chi connectivity index (χ4v) is 17.7. The maximum atomic E-state index is 14.6. The van der Waals surface area contributed by atoms with Crippen molar-refractivity contribution in [2.24, 2.45) is 23.7 Å². The summed E-state index contributed by atoms with van der Waals surface area (Å²) < 4.78 is 103. The van der Waals surface area contributed by atoms with E-state index in [4.69, 9.17) is 71.1 Å². The normalized spacial score (nSPS) is 55.7. The van der Waals surface area contributed by atoms with Crippen LogP contribution in [-0.4, -0.2) is 199 Å². The van der Waals surface area contributed by atoms with E-state index in [0.29, 0.717) is 70.6 Å². The number of hydrogen-bond donors (Lipinski definition) is 3. The Labute approximate surface area is 464 Å². The van der Waals surface area contributed by atoms with Crippen molar-refractivity contribution < 1.29 is 91.2 Å². The molecule has 79 heavy (non-hydrogen) atoms. The van der Waals surface area contributed by atoms with Crippen molar-refractivity contribution in [3.63, 3.8) is 0 Å². The molecule has 0 unspecified atom stereocenters. The van der Waals surface area contributed by atoms with Gasteiger partial charge in [0.1, 0.15) is 30.5 Å². The van der Waals surface area contributed by atoms with Crippen LogP contribution in [0.15, 0.2) is 24.3 Å². The van der Waals surface area contributed by atoms with Crippen LogP contribution in [-0.2, 0) is 75.8 Å². The summed E-state index contributed by atoms with van der Waals surface area (Å²) in [5.41, 5.74) is 2.14. The Morgan fingerprint density at radius 3 is 2.04 bits per heavy atom. The van der Waals surface area contributed by atoms with Gasteiger partial charge in [0.25, 0.3) is 0 Å². The Kier molecular flexibility index (Phi) is 14.7. The highest BCUT2D eigenvalue weighted by Gasteiger charge is 2.67. The molecule has 19 nitrogen and oxygen atoms in total. The van der Waals surface area contributed by atoms with Crippen molar-refractivity contribution in [1.29, 1.82) is 0 Å². The summed E-state index contributed by atoms with van der Waals surface area (Å²) in [6, 6.07) is 0. The predicted octanol–water partition coefficient (Wildman–Crippen LogP) is 5.17. The second-order valence-corrected chi connectivity index (χ2v) is 27.2. The third-order valence-electron chi connectivity index (χ3n) is 21.6. The van der Waals surface area contributed by atoms with Gasteiger partial charge in [-0.1, -0.05) is 40.9 Å². The van der Waals surface area contributed by atoms with Crippen molar-refractivity contribution in [2.45, 2.75) is 307 Å². The Morgan fingerprint density at radius 2 is 1.23 bits per heavy atom. The maximum Gasteiger partial charge on any atom is 0.308 e. The zero-order chi connectivity index (χ0) is 54.4. The molecule has 3 N–H and O–H groups in total. The van der Waals surface area contributed by atoms with Gasteiger partial charge < -0.3 is 86.4 Å². The number of aliphatic hydroxyl groups is 3. The van der Waals surface area contributed by atoms with E-state index in [1.165, 1.54) is 0 Å². The maximum absolute atomic E-state index is 14.6. The predicted molar refractivity (Wildman–Crippen MR) is 276 cm³/mol. The molecule has 3 spiro atoms. The molecular weight excluding hydrogens is 1020 g/mol. The molecule has 0 aromatic heterocycles. The van der Waals surface area contributed by atoms with E-state index in [0.717, 1.165) is 43.3 Å². The molecule has 0 aliphatic carbocycles. The molecule has 0 aromatic carbocycles. The molecule has 0 radical (unpaired) electrons. The molecule has 15 saturated heterocycles. The van der Waals surface area contributed by atoms with Gasteiger partial charge in [0, 0.05) is 77.2 Å². The van der Waals surface area contributed by atoms with E-state index in [1.54, 1.807) is 7.11 Å². The summed E-state index contributed by atoms with van der Waals surface area (Å²) >= 11 is 0. The van der Waals surface area contributed by atoms with E-state index in [-0.39, 0.29) is 140 Å². The molecule has 15 rings (SSSR count). The minimum Gasteiger partial charge on any atom is -0.459 e. The van der Waals surface area contributed by atoms with Crippen LogP contribution in [0.4, 0.5) is 0 Å². The Morgan fingerprint density at radius 1 is 0.557 bits per heavy atom. The summed E-state index contributed by atoms with van der Waals surface area (Å²) in [5.74, 6) is -2.75. The smallest absolute Gasteiger partial charge is 0.308 e. The zero-order valence-corrected chi connectivity index (χ0v) is 46.9. The van der Waals surface area contributed by atoms with Gasteiger partial charge in [0.15, 0.2) is 17.4 Å². The molecule has 15 heterocycles. The Bertz CT molecular complexity index is 2280. The number of ether oxygens (including phenoxy) is 15. The largest absolute Gasteiger partial charge is 0.459 e. The summed E-state index contributed by atoms with van der Waals surface area (Å²) in [6.07, 6.45) is 2.09. The van der Waals surface area contributed by atoms with E-state index in [9.17, 15) is 20.1 Å². The SMILES string of the molecule is C=C1C[C@@H]2CC[C@]34C[C@@H](O3)[C@@H]3O[C@H]5CC[C@H](CC(=O)O[C@@H]6[C@@H](C)[C@@H]7O[C@@H]8C[C@]9(C[C@@H]%10O[C@]%11(C[C@H](C)[C@@H]%12O[C@H]([C@@H](O)C[C@@H](O)CO)C[C@@H]%12O%11)C[C@H](C)[C@@H]%10O9)O[C@@H]8C[C@@H]7O[C@H]6C[C@H]6O[C@@H](CC[C@@H]1O2)C[C@@H](C)C6=C)O[C@@H]5[C@H](O4)[C@@H]3OC. The number of rotatable bonds is 5. The number of carbonyl (C=O) groups excluding carboxylic acids is 1. The van der Waals surface area contributed by atoms with Gasteiger partial charge in [-0.2, -0.15) is 0 Å². The van der Waals surface area contributed by atoms with E-state index >= 15 is 0 Å². The van der Waals surface area contributed by atoms with Crippen molar-refractivity contribution in [3.8, 4) is 0 Å². The lowest BCUT2D eigenvalue weighted by Crippen LogP contribution is -2.63. The summed E-state index contributed by atoms with van der Waals surface area (Å²) in [4.78, 5) is 14.6. The van der Waals surface area contributed by atoms with Gasteiger partial charge >= 0.3 is 5.97 Å². The number of aliphatic hydroxyl groups excluding tert-OH is 3.